The summed E-state index contributed by atoms with van der Waals surface area (Å²) in [6.07, 6.45) is 2.21. The lowest BCUT2D eigenvalue weighted by Gasteiger charge is -2.09. The van der Waals surface area contributed by atoms with Gasteiger partial charge in [0.2, 0.25) is 0 Å². The molecule has 2 heteroatoms. The number of hydrogen-bond donors (Lipinski definition) is 1. The molecule has 1 rings (SSSR count). The number of hydrogen-bond acceptors (Lipinski definition) is 2. The summed E-state index contributed by atoms with van der Waals surface area (Å²) < 4.78 is 0. The van der Waals surface area contributed by atoms with Crippen LogP contribution in [0.1, 0.15) is 20.8 Å². The molecule has 0 fully saturated rings. The van der Waals surface area contributed by atoms with Crippen molar-refractivity contribution in [3.05, 3.63) is 11.9 Å². The standard InChI is InChI=1S/C8H16N2/c1-4-10-5-8(7(2)3)9-6-10/h5,7,9H,4,6H2,1-3H3. The van der Waals surface area contributed by atoms with Crippen LogP contribution in [0.15, 0.2) is 11.9 Å². The zero-order valence-electron chi connectivity index (χ0n) is 7.02. The van der Waals surface area contributed by atoms with E-state index in [4.69, 9.17) is 0 Å². The Morgan fingerprint density at radius 1 is 1.70 bits per heavy atom. The van der Waals surface area contributed by atoms with E-state index in [1.807, 2.05) is 0 Å². The summed E-state index contributed by atoms with van der Waals surface area (Å²) in [6.45, 7) is 8.67. The molecule has 0 aromatic carbocycles. The molecule has 2 nitrogen and oxygen atoms in total. The highest BCUT2D eigenvalue weighted by Gasteiger charge is 2.11. The molecule has 0 aliphatic carbocycles. The van der Waals surface area contributed by atoms with E-state index in [0.29, 0.717) is 5.92 Å². The van der Waals surface area contributed by atoms with Gasteiger partial charge in [0.05, 0.1) is 6.67 Å². The van der Waals surface area contributed by atoms with E-state index in [1.165, 1.54) is 5.70 Å². The molecule has 0 aromatic rings. The summed E-state index contributed by atoms with van der Waals surface area (Å²) in [5.41, 5.74) is 1.36. The monoisotopic (exact) mass is 140 g/mol. The third-order valence-corrected chi connectivity index (χ3v) is 1.84. The molecule has 0 spiro atoms. The van der Waals surface area contributed by atoms with Gasteiger partial charge in [-0.05, 0) is 12.8 Å². The van der Waals surface area contributed by atoms with Crippen molar-refractivity contribution in [1.82, 2.24) is 10.2 Å². The van der Waals surface area contributed by atoms with Gasteiger partial charge in [0.1, 0.15) is 0 Å². The van der Waals surface area contributed by atoms with E-state index in [9.17, 15) is 0 Å². The maximum absolute atomic E-state index is 3.34. The van der Waals surface area contributed by atoms with E-state index in [1.54, 1.807) is 0 Å². The fraction of sp³-hybridized carbons (Fsp3) is 0.750. The summed E-state index contributed by atoms with van der Waals surface area (Å²) in [5.74, 6) is 0.636. The molecule has 0 bridgehead atoms. The molecular weight excluding hydrogens is 124 g/mol. The van der Waals surface area contributed by atoms with Gasteiger partial charge in [0, 0.05) is 18.4 Å². The van der Waals surface area contributed by atoms with Crippen LogP contribution in [-0.2, 0) is 0 Å². The lowest BCUT2D eigenvalue weighted by atomic mass is 10.1. The molecule has 1 heterocycles. The van der Waals surface area contributed by atoms with Crippen molar-refractivity contribution in [2.24, 2.45) is 5.92 Å². The molecule has 0 amide bonds. The minimum atomic E-state index is 0.636. The first kappa shape index (κ1) is 7.45. The van der Waals surface area contributed by atoms with Gasteiger partial charge in [0.25, 0.3) is 0 Å². The Morgan fingerprint density at radius 2 is 2.40 bits per heavy atom. The number of nitrogens with zero attached hydrogens (tertiary/aromatic N) is 1. The summed E-state index contributed by atoms with van der Waals surface area (Å²) in [7, 11) is 0. The number of nitrogens with one attached hydrogen (secondary N) is 1. The van der Waals surface area contributed by atoms with Gasteiger partial charge in [-0.2, -0.15) is 0 Å². The second kappa shape index (κ2) is 2.95. The second-order valence-corrected chi connectivity index (χ2v) is 2.98. The minimum Gasteiger partial charge on any atom is -0.370 e. The Hall–Kier alpha value is -0.660. The molecular formula is C8H16N2. The summed E-state index contributed by atoms with van der Waals surface area (Å²) in [5, 5.41) is 3.34. The Labute approximate surface area is 62.9 Å². The molecule has 0 radical (unpaired) electrons. The first-order chi connectivity index (χ1) is 4.74. The Balaban J connectivity index is 2.48. The molecule has 1 aliphatic heterocycles. The van der Waals surface area contributed by atoms with Gasteiger partial charge in [0.15, 0.2) is 0 Å². The zero-order chi connectivity index (χ0) is 7.56. The highest BCUT2D eigenvalue weighted by Crippen LogP contribution is 2.11. The van der Waals surface area contributed by atoms with Crippen molar-refractivity contribution in [1.29, 1.82) is 0 Å². The van der Waals surface area contributed by atoms with Crippen molar-refractivity contribution < 1.29 is 0 Å². The third kappa shape index (κ3) is 1.43. The minimum absolute atomic E-state index is 0.636. The summed E-state index contributed by atoms with van der Waals surface area (Å²) in [4.78, 5) is 2.27. The average Bonchev–Trinajstić information content (AvgIpc) is 2.34. The van der Waals surface area contributed by atoms with Gasteiger partial charge < -0.3 is 10.2 Å². The molecule has 1 N–H and O–H groups in total. The van der Waals surface area contributed by atoms with Crippen LogP contribution in [0.2, 0.25) is 0 Å². The highest BCUT2D eigenvalue weighted by molar-refractivity contribution is 5.06. The van der Waals surface area contributed by atoms with Crippen molar-refractivity contribution in [3.63, 3.8) is 0 Å². The van der Waals surface area contributed by atoms with E-state index in [0.717, 1.165) is 13.2 Å². The Kier molecular flexibility index (Phi) is 2.20. The smallest absolute Gasteiger partial charge is 0.0869 e. The molecule has 1 aliphatic rings. The van der Waals surface area contributed by atoms with Gasteiger partial charge in [-0.25, -0.2) is 0 Å². The van der Waals surface area contributed by atoms with E-state index in [2.05, 4.69) is 37.2 Å². The summed E-state index contributed by atoms with van der Waals surface area (Å²) in [6, 6.07) is 0. The maximum atomic E-state index is 3.34. The zero-order valence-corrected chi connectivity index (χ0v) is 7.02. The molecule has 0 aromatic heterocycles. The fourth-order valence-corrected chi connectivity index (χ4v) is 1.04. The molecule has 58 valence electrons. The number of rotatable bonds is 2. The quantitative estimate of drug-likeness (QED) is 0.623. The van der Waals surface area contributed by atoms with Gasteiger partial charge in [-0.15, -0.1) is 0 Å². The topological polar surface area (TPSA) is 15.3 Å². The molecule has 0 atom stereocenters. The molecule has 10 heavy (non-hydrogen) atoms. The normalized spacial score (nSPS) is 17.6. The first-order valence-corrected chi connectivity index (χ1v) is 3.93. The highest BCUT2D eigenvalue weighted by atomic mass is 15.3. The lowest BCUT2D eigenvalue weighted by molar-refractivity contribution is 0.411. The van der Waals surface area contributed by atoms with E-state index < -0.39 is 0 Å². The maximum Gasteiger partial charge on any atom is 0.0869 e. The van der Waals surface area contributed by atoms with Crippen molar-refractivity contribution >= 4 is 0 Å². The molecule has 0 unspecified atom stereocenters. The van der Waals surface area contributed by atoms with Crippen LogP contribution in [0.3, 0.4) is 0 Å². The fourth-order valence-electron chi connectivity index (χ4n) is 1.04. The van der Waals surface area contributed by atoms with Crippen molar-refractivity contribution in [3.8, 4) is 0 Å². The number of allylic oxidation sites excluding steroid dienone is 1. The third-order valence-electron chi connectivity index (χ3n) is 1.84. The van der Waals surface area contributed by atoms with Crippen LogP contribution in [0.25, 0.3) is 0 Å². The Bertz CT molecular complexity index is 138. The average molecular weight is 140 g/mol. The second-order valence-electron chi connectivity index (χ2n) is 2.98. The summed E-state index contributed by atoms with van der Waals surface area (Å²) >= 11 is 0. The van der Waals surface area contributed by atoms with Crippen LogP contribution >= 0.6 is 0 Å². The van der Waals surface area contributed by atoms with Crippen LogP contribution in [0.4, 0.5) is 0 Å². The van der Waals surface area contributed by atoms with Gasteiger partial charge >= 0.3 is 0 Å². The van der Waals surface area contributed by atoms with Crippen molar-refractivity contribution in [2.45, 2.75) is 20.8 Å². The van der Waals surface area contributed by atoms with Crippen LogP contribution in [0, 0.1) is 5.92 Å². The van der Waals surface area contributed by atoms with E-state index in [-0.39, 0.29) is 0 Å². The SMILES string of the molecule is CCN1C=C(C(C)C)NC1. The Morgan fingerprint density at radius 3 is 2.70 bits per heavy atom. The largest absolute Gasteiger partial charge is 0.370 e. The predicted octanol–water partition coefficient (Wildman–Crippen LogP) is 1.37. The van der Waals surface area contributed by atoms with Crippen LogP contribution < -0.4 is 5.32 Å². The van der Waals surface area contributed by atoms with E-state index >= 15 is 0 Å². The van der Waals surface area contributed by atoms with Gasteiger partial charge in [-0.3, -0.25) is 0 Å². The van der Waals surface area contributed by atoms with Crippen LogP contribution in [-0.4, -0.2) is 18.1 Å². The van der Waals surface area contributed by atoms with Gasteiger partial charge in [-0.1, -0.05) is 13.8 Å². The first-order valence-electron chi connectivity index (χ1n) is 3.93. The van der Waals surface area contributed by atoms with Crippen LogP contribution in [0.5, 0.6) is 0 Å². The van der Waals surface area contributed by atoms with Crippen molar-refractivity contribution in [2.75, 3.05) is 13.2 Å². The predicted molar refractivity (Wildman–Crippen MR) is 43.3 cm³/mol. The lowest BCUT2D eigenvalue weighted by Crippen LogP contribution is -2.21. The molecule has 0 saturated carbocycles. The molecule has 0 saturated heterocycles.